The maximum absolute atomic E-state index is 11.5. The van der Waals surface area contributed by atoms with E-state index in [0.717, 1.165) is 0 Å². The van der Waals surface area contributed by atoms with Crippen LogP contribution in [0.4, 0.5) is 0 Å². The van der Waals surface area contributed by atoms with E-state index >= 15 is 0 Å². The molecular weight excluding hydrogens is 292 g/mol. The van der Waals surface area contributed by atoms with Crippen LogP contribution in [0.3, 0.4) is 0 Å². The SMILES string of the molecule is O=C(O)c1cc(Oc2ccccc2)ccc1Oc1ccccc1. The van der Waals surface area contributed by atoms with Gasteiger partial charge in [0.1, 0.15) is 28.6 Å². The van der Waals surface area contributed by atoms with Crippen molar-refractivity contribution in [2.75, 3.05) is 0 Å². The molecule has 0 aromatic heterocycles. The van der Waals surface area contributed by atoms with Crippen LogP contribution in [0.15, 0.2) is 78.9 Å². The number of carboxylic acid groups (broad SMARTS) is 1. The number of para-hydroxylation sites is 2. The molecule has 0 unspecified atom stereocenters. The molecule has 114 valence electrons. The van der Waals surface area contributed by atoms with Crippen molar-refractivity contribution in [1.82, 2.24) is 0 Å². The van der Waals surface area contributed by atoms with Gasteiger partial charge in [-0.1, -0.05) is 36.4 Å². The summed E-state index contributed by atoms with van der Waals surface area (Å²) in [5.41, 5.74) is 0.0438. The Morgan fingerprint density at radius 3 is 1.83 bits per heavy atom. The van der Waals surface area contributed by atoms with E-state index < -0.39 is 5.97 Å². The fourth-order valence-corrected chi connectivity index (χ4v) is 2.07. The topological polar surface area (TPSA) is 55.8 Å². The summed E-state index contributed by atoms with van der Waals surface area (Å²) in [5.74, 6) is 0.847. The van der Waals surface area contributed by atoms with Crippen LogP contribution in [0, 0.1) is 0 Å². The highest BCUT2D eigenvalue weighted by molar-refractivity contribution is 5.91. The van der Waals surface area contributed by atoms with Crippen molar-refractivity contribution in [2.24, 2.45) is 0 Å². The van der Waals surface area contributed by atoms with E-state index in [1.54, 1.807) is 36.4 Å². The van der Waals surface area contributed by atoms with E-state index in [9.17, 15) is 9.90 Å². The van der Waals surface area contributed by atoms with Crippen LogP contribution in [0.25, 0.3) is 0 Å². The molecule has 0 saturated carbocycles. The van der Waals surface area contributed by atoms with Crippen LogP contribution >= 0.6 is 0 Å². The molecular formula is C19H14O4. The van der Waals surface area contributed by atoms with Crippen LogP contribution in [0.1, 0.15) is 10.4 Å². The molecule has 0 aliphatic heterocycles. The minimum atomic E-state index is -1.07. The predicted molar refractivity (Wildman–Crippen MR) is 86.4 cm³/mol. The largest absolute Gasteiger partial charge is 0.478 e. The summed E-state index contributed by atoms with van der Waals surface area (Å²) in [6.07, 6.45) is 0. The van der Waals surface area contributed by atoms with Gasteiger partial charge in [0.15, 0.2) is 0 Å². The number of carboxylic acids is 1. The molecule has 0 fully saturated rings. The average Bonchev–Trinajstić information content (AvgIpc) is 2.58. The molecule has 3 aromatic carbocycles. The molecule has 0 radical (unpaired) electrons. The third kappa shape index (κ3) is 3.68. The monoisotopic (exact) mass is 306 g/mol. The lowest BCUT2D eigenvalue weighted by molar-refractivity contribution is 0.0694. The van der Waals surface area contributed by atoms with Crippen molar-refractivity contribution >= 4 is 5.97 Å². The molecule has 0 atom stereocenters. The number of ether oxygens (including phenoxy) is 2. The third-order valence-corrected chi connectivity index (χ3v) is 3.13. The van der Waals surface area contributed by atoms with Crippen molar-refractivity contribution in [3.8, 4) is 23.0 Å². The number of hydrogen-bond acceptors (Lipinski definition) is 3. The van der Waals surface area contributed by atoms with Crippen molar-refractivity contribution < 1.29 is 19.4 Å². The molecule has 0 amide bonds. The average molecular weight is 306 g/mol. The Morgan fingerprint density at radius 2 is 1.26 bits per heavy atom. The van der Waals surface area contributed by atoms with Gasteiger partial charge in [-0.2, -0.15) is 0 Å². The van der Waals surface area contributed by atoms with E-state index in [0.29, 0.717) is 17.2 Å². The predicted octanol–water partition coefficient (Wildman–Crippen LogP) is 4.97. The second kappa shape index (κ2) is 6.66. The van der Waals surface area contributed by atoms with Crippen LogP contribution in [0.2, 0.25) is 0 Å². The van der Waals surface area contributed by atoms with Gasteiger partial charge in [-0.25, -0.2) is 4.79 Å². The highest BCUT2D eigenvalue weighted by Gasteiger charge is 2.14. The summed E-state index contributed by atoms with van der Waals surface area (Å²) in [4.78, 5) is 11.5. The molecule has 0 aliphatic carbocycles. The first-order valence-electron chi connectivity index (χ1n) is 7.05. The molecule has 0 bridgehead atoms. The molecule has 0 heterocycles. The lowest BCUT2D eigenvalue weighted by Gasteiger charge is -2.11. The van der Waals surface area contributed by atoms with Gasteiger partial charge < -0.3 is 14.6 Å². The van der Waals surface area contributed by atoms with Crippen molar-refractivity contribution in [2.45, 2.75) is 0 Å². The quantitative estimate of drug-likeness (QED) is 0.723. The van der Waals surface area contributed by atoms with Crippen molar-refractivity contribution in [3.05, 3.63) is 84.4 Å². The summed E-state index contributed by atoms with van der Waals surface area (Å²) >= 11 is 0. The molecule has 0 spiro atoms. The van der Waals surface area contributed by atoms with Crippen LogP contribution in [0.5, 0.6) is 23.0 Å². The number of hydrogen-bond donors (Lipinski definition) is 1. The second-order valence-electron chi connectivity index (χ2n) is 4.79. The van der Waals surface area contributed by atoms with Crippen LogP contribution < -0.4 is 9.47 Å². The number of aromatic carboxylic acids is 1. The minimum absolute atomic E-state index is 0.0438. The zero-order chi connectivity index (χ0) is 16.1. The summed E-state index contributed by atoms with van der Waals surface area (Å²) < 4.78 is 11.3. The lowest BCUT2D eigenvalue weighted by Crippen LogP contribution is -2.00. The second-order valence-corrected chi connectivity index (χ2v) is 4.79. The van der Waals surface area contributed by atoms with Gasteiger partial charge in [-0.3, -0.25) is 0 Å². The normalized spacial score (nSPS) is 10.1. The van der Waals surface area contributed by atoms with E-state index in [-0.39, 0.29) is 11.3 Å². The van der Waals surface area contributed by atoms with E-state index in [2.05, 4.69) is 0 Å². The van der Waals surface area contributed by atoms with E-state index in [1.165, 1.54) is 6.07 Å². The molecule has 3 aromatic rings. The first-order valence-corrected chi connectivity index (χ1v) is 7.05. The fourth-order valence-electron chi connectivity index (χ4n) is 2.07. The van der Waals surface area contributed by atoms with Crippen LogP contribution in [-0.2, 0) is 0 Å². The number of benzene rings is 3. The Morgan fingerprint density at radius 1 is 0.696 bits per heavy atom. The Labute approximate surface area is 133 Å². The first-order chi connectivity index (χ1) is 11.2. The summed E-state index contributed by atoms with van der Waals surface area (Å²) in [6, 6.07) is 22.9. The standard InChI is InChI=1S/C19H14O4/c20-19(21)17-13-16(22-14-7-3-1-4-8-14)11-12-18(17)23-15-9-5-2-6-10-15/h1-13H,(H,20,21). The number of rotatable bonds is 5. The highest BCUT2D eigenvalue weighted by Crippen LogP contribution is 2.30. The summed E-state index contributed by atoms with van der Waals surface area (Å²) in [6.45, 7) is 0. The van der Waals surface area contributed by atoms with Gasteiger partial charge in [0.05, 0.1) is 0 Å². The van der Waals surface area contributed by atoms with Gasteiger partial charge >= 0.3 is 5.97 Å². The number of carbonyl (C=O) groups is 1. The molecule has 1 N–H and O–H groups in total. The zero-order valence-electron chi connectivity index (χ0n) is 12.2. The summed E-state index contributed by atoms with van der Waals surface area (Å²) in [5, 5.41) is 9.40. The van der Waals surface area contributed by atoms with Crippen LogP contribution in [-0.4, -0.2) is 11.1 Å². The van der Waals surface area contributed by atoms with E-state index in [1.807, 2.05) is 36.4 Å². The summed E-state index contributed by atoms with van der Waals surface area (Å²) in [7, 11) is 0. The third-order valence-electron chi connectivity index (χ3n) is 3.13. The van der Waals surface area contributed by atoms with Gasteiger partial charge in [-0.05, 0) is 42.5 Å². The lowest BCUT2D eigenvalue weighted by atomic mass is 10.2. The molecule has 3 rings (SSSR count). The fraction of sp³-hybridized carbons (Fsp3) is 0. The Bertz CT molecular complexity index is 798. The molecule has 0 saturated heterocycles. The molecule has 4 heteroatoms. The Hall–Kier alpha value is -3.27. The molecule has 23 heavy (non-hydrogen) atoms. The van der Waals surface area contributed by atoms with Gasteiger partial charge in [0.2, 0.25) is 0 Å². The maximum Gasteiger partial charge on any atom is 0.339 e. The van der Waals surface area contributed by atoms with Gasteiger partial charge in [0.25, 0.3) is 0 Å². The Balaban J connectivity index is 1.88. The highest BCUT2D eigenvalue weighted by atomic mass is 16.5. The van der Waals surface area contributed by atoms with Gasteiger partial charge in [-0.15, -0.1) is 0 Å². The van der Waals surface area contributed by atoms with Crippen molar-refractivity contribution in [3.63, 3.8) is 0 Å². The minimum Gasteiger partial charge on any atom is -0.478 e. The maximum atomic E-state index is 11.5. The molecule has 0 aliphatic rings. The first kappa shape index (κ1) is 14.7. The zero-order valence-corrected chi connectivity index (χ0v) is 12.2. The van der Waals surface area contributed by atoms with Gasteiger partial charge in [0, 0.05) is 0 Å². The van der Waals surface area contributed by atoms with E-state index in [4.69, 9.17) is 9.47 Å². The Kier molecular flexibility index (Phi) is 4.25. The van der Waals surface area contributed by atoms with Crippen molar-refractivity contribution in [1.29, 1.82) is 0 Å². The molecule has 4 nitrogen and oxygen atoms in total. The smallest absolute Gasteiger partial charge is 0.339 e.